The van der Waals surface area contributed by atoms with E-state index in [9.17, 15) is 14.4 Å². The first-order chi connectivity index (χ1) is 10.6. The molecule has 23 heavy (non-hydrogen) atoms. The topological polar surface area (TPSA) is 92.5 Å². The van der Waals surface area contributed by atoms with Crippen LogP contribution in [0.3, 0.4) is 0 Å². The molecule has 130 valence electrons. The van der Waals surface area contributed by atoms with Crippen LogP contribution in [0.1, 0.15) is 41.0 Å². The van der Waals surface area contributed by atoms with Crippen LogP contribution < -0.4 is 11.1 Å². The van der Waals surface area contributed by atoms with E-state index >= 15 is 0 Å². The van der Waals surface area contributed by atoms with E-state index in [1.54, 1.807) is 0 Å². The van der Waals surface area contributed by atoms with Crippen molar-refractivity contribution in [2.24, 2.45) is 23.5 Å². The predicted octanol–water partition coefficient (Wildman–Crippen LogP) is 1.06. The Morgan fingerprint density at radius 3 is 2.26 bits per heavy atom. The van der Waals surface area contributed by atoms with Crippen molar-refractivity contribution in [3.05, 3.63) is 11.8 Å². The third-order valence-electron chi connectivity index (χ3n) is 4.32. The molecule has 3 N–H and O–H groups in total. The zero-order valence-electron chi connectivity index (χ0n) is 14.8. The van der Waals surface area contributed by atoms with E-state index in [1.807, 2.05) is 18.7 Å². The summed E-state index contributed by atoms with van der Waals surface area (Å²) in [5.74, 6) is 0.0252. The molecule has 0 saturated carbocycles. The zero-order valence-corrected chi connectivity index (χ0v) is 14.8. The van der Waals surface area contributed by atoms with Gasteiger partial charge in [-0.15, -0.1) is 0 Å². The largest absolute Gasteiger partial charge is 0.394 e. The SMILES string of the molecule is CC(=O)/C=C(\N)C(=O)NC(C(=O)N1CCC(C(C)C)C1)C(C)C. The summed E-state index contributed by atoms with van der Waals surface area (Å²) >= 11 is 0. The van der Waals surface area contributed by atoms with Gasteiger partial charge in [0, 0.05) is 19.2 Å². The Balaban J connectivity index is 2.77. The minimum Gasteiger partial charge on any atom is -0.394 e. The maximum atomic E-state index is 12.7. The molecule has 2 atom stereocenters. The molecule has 1 aliphatic rings. The summed E-state index contributed by atoms with van der Waals surface area (Å²) in [6, 6.07) is -0.632. The van der Waals surface area contributed by atoms with Crippen LogP contribution in [0.2, 0.25) is 0 Å². The van der Waals surface area contributed by atoms with Crippen molar-refractivity contribution in [3.63, 3.8) is 0 Å². The highest BCUT2D eigenvalue weighted by molar-refractivity contribution is 6.01. The van der Waals surface area contributed by atoms with E-state index in [-0.39, 0.29) is 23.3 Å². The van der Waals surface area contributed by atoms with Gasteiger partial charge in [-0.2, -0.15) is 0 Å². The first-order valence-corrected chi connectivity index (χ1v) is 8.20. The monoisotopic (exact) mass is 323 g/mol. The Morgan fingerprint density at radius 2 is 1.83 bits per heavy atom. The van der Waals surface area contributed by atoms with Gasteiger partial charge >= 0.3 is 0 Å². The lowest BCUT2D eigenvalue weighted by Gasteiger charge is -2.27. The molecule has 1 saturated heterocycles. The Labute approximate surface area is 138 Å². The fraction of sp³-hybridized carbons (Fsp3) is 0.706. The number of hydrogen-bond acceptors (Lipinski definition) is 4. The van der Waals surface area contributed by atoms with Crippen LogP contribution in [-0.2, 0) is 14.4 Å². The van der Waals surface area contributed by atoms with Crippen molar-refractivity contribution < 1.29 is 14.4 Å². The molecular formula is C17H29N3O3. The Kier molecular flexibility index (Phi) is 6.79. The molecule has 0 aromatic rings. The highest BCUT2D eigenvalue weighted by Gasteiger charge is 2.34. The average molecular weight is 323 g/mol. The van der Waals surface area contributed by atoms with Gasteiger partial charge < -0.3 is 16.0 Å². The zero-order chi connectivity index (χ0) is 17.7. The maximum Gasteiger partial charge on any atom is 0.267 e. The van der Waals surface area contributed by atoms with Crippen molar-refractivity contribution in [1.82, 2.24) is 10.2 Å². The summed E-state index contributed by atoms with van der Waals surface area (Å²) in [5.41, 5.74) is 5.42. The summed E-state index contributed by atoms with van der Waals surface area (Å²) in [6.45, 7) is 10.9. The molecule has 1 heterocycles. The molecule has 0 aliphatic carbocycles. The minimum atomic E-state index is -0.632. The lowest BCUT2D eigenvalue weighted by Crippen LogP contribution is -2.51. The summed E-state index contributed by atoms with van der Waals surface area (Å²) in [7, 11) is 0. The van der Waals surface area contributed by atoms with Crippen LogP contribution in [0.15, 0.2) is 11.8 Å². The molecule has 1 fully saturated rings. The number of nitrogens with two attached hydrogens (primary N) is 1. The molecule has 0 aromatic heterocycles. The van der Waals surface area contributed by atoms with Gasteiger partial charge in [-0.05, 0) is 31.1 Å². The number of nitrogens with zero attached hydrogens (tertiary/aromatic N) is 1. The summed E-state index contributed by atoms with van der Waals surface area (Å²) in [4.78, 5) is 37.6. The number of allylic oxidation sites excluding steroid dienone is 1. The third-order valence-corrected chi connectivity index (χ3v) is 4.32. The van der Waals surface area contributed by atoms with Crippen molar-refractivity contribution in [2.45, 2.75) is 47.1 Å². The number of carbonyl (C=O) groups excluding carboxylic acids is 3. The van der Waals surface area contributed by atoms with Gasteiger partial charge in [0.05, 0.1) is 0 Å². The fourth-order valence-corrected chi connectivity index (χ4v) is 2.75. The Morgan fingerprint density at radius 1 is 1.22 bits per heavy atom. The van der Waals surface area contributed by atoms with Crippen LogP contribution in [0.5, 0.6) is 0 Å². The highest BCUT2D eigenvalue weighted by atomic mass is 16.2. The number of rotatable bonds is 6. The third kappa shape index (κ3) is 5.37. The van der Waals surface area contributed by atoms with E-state index < -0.39 is 11.9 Å². The molecule has 2 amide bonds. The molecule has 2 unspecified atom stereocenters. The average Bonchev–Trinajstić information content (AvgIpc) is 2.92. The summed E-state index contributed by atoms with van der Waals surface area (Å²) in [5, 5.41) is 2.67. The molecule has 0 bridgehead atoms. The summed E-state index contributed by atoms with van der Waals surface area (Å²) in [6.07, 6.45) is 2.07. The number of hydrogen-bond donors (Lipinski definition) is 2. The van der Waals surface area contributed by atoms with E-state index in [0.29, 0.717) is 11.8 Å². The fourth-order valence-electron chi connectivity index (χ4n) is 2.75. The van der Waals surface area contributed by atoms with Crippen LogP contribution >= 0.6 is 0 Å². The molecule has 0 spiro atoms. The molecule has 1 rings (SSSR count). The standard InChI is InChI=1S/C17H29N3O3/c1-10(2)13-6-7-20(9-13)17(23)15(11(3)4)19-16(22)14(18)8-12(5)21/h8,10-11,13,15H,6-7,9,18H2,1-5H3,(H,19,22)/b14-8-. The Bertz CT molecular complexity index is 497. The number of nitrogens with one attached hydrogen (secondary N) is 1. The quantitative estimate of drug-likeness (QED) is 0.715. The number of amides is 2. The van der Waals surface area contributed by atoms with Gasteiger partial charge in [-0.1, -0.05) is 27.7 Å². The number of ketones is 1. The van der Waals surface area contributed by atoms with Crippen LogP contribution in [0, 0.1) is 17.8 Å². The van der Waals surface area contributed by atoms with E-state index in [0.717, 1.165) is 25.6 Å². The van der Waals surface area contributed by atoms with Crippen LogP contribution in [-0.4, -0.2) is 41.6 Å². The maximum absolute atomic E-state index is 12.7. The van der Waals surface area contributed by atoms with Gasteiger partial charge in [0.2, 0.25) is 5.91 Å². The van der Waals surface area contributed by atoms with Gasteiger partial charge in [0.15, 0.2) is 5.78 Å². The molecular weight excluding hydrogens is 294 g/mol. The van der Waals surface area contributed by atoms with Crippen molar-refractivity contribution in [3.8, 4) is 0 Å². The van der Waals surface area contributed by atoms with Gasteiger partial charge in [0.1, 0.15) is 11.7 Å². The smallest absolute Gasteiger partial charge is 0.267 e. The Hall–Kier alpha value is -1.85. The molecule has 1 aliphatic heterocycles. The number of carbonyl (C=O) groups is 3. The second-order valence-electron chi connectivity index (χ2n) is 6.98. The highest BCUT2D eigenvalue weighted by Crippen LogP contribution is 2.24. The van der Waals surface area contributed by atoms with Gasteiger partial charge in [0.25, 0.3) is 5.91 Å². The first kappa shape index (κ1) is 19.2. The molecule has 6 heteroatoms. The van der Waals surface area contributed by atoms with Crippen molar-refractivity contribution in [2.75, 3.05) is 13.1 Å². The molecule has 0 aromatic carbocycles. The normalized spacial score (nSPS) is 20.0. The minimum absolute atomic E-state index is 0.0605. The van der Waals surface area contributed by atoms with Gasteiger partial charge in [-0.25, -0.2) is 0 Å². The van der Waals surface area contributed by atoms with Crippen LogP contribution in [0.25, 0.3) is 0 Å². The van der Waals surface area contributed by atoms with E-state index in [1.165, 1.54) is 6.92 Å². The second-order valence-corrected chi connectivity index (χ2v) is 6.98. The van der Waals surface area contributed by atoms with Gasteiger partial charge in [-0.3, -0.25) is 14.4 Å². The van der Waals surface area contributed by atoms with Crippen molar-refractivity contribution >= 4 is 17.6 Å². The lowest BCUT2D eigenvalue weighted by molar-refractivity contribution is -0.136. The lowest BCUT2D eigenvalue weighted by atomic mass is 9.95. The number of likely N-dealkylation sites (tertiary alicyclic amines) is 1. The molecule has 0 radical (unpaired) electrons. The summed E-state index contributed by atoms with van der Waals surface area (Å²) < 4.78 is 0. The first-order valence-electron chi connectivity index (χ1n) is 8.20. The molecule has 6 nitrogen and oxygen atoms in total. The van der Waals surface area contributed by atoms with E-state index in [4.69, 9.17) is 5.73 Å². The predicted molar refractivity (Wildman–Crippen MR) is 89.2 cm³/mol. The van der Waals surface area contributed by atoms with E-state index in [2.05, 4.69) is 19.2 Å². The second kappa shape index (κ2) is 8.13. The van der Waals surface area contributed by atoms with Crippen LogP contribution in [0.4, 0.5) is 0 Å². The van der Waals surface area contributed by atoms with Crippen molar-refractivity contribution in [1.29, 1.82) is 0 Å².